The maximum Gasteiger partial charge on any atom is 0.410 e. The molecule has 1 amide bonds. The molecule has 2 rings (SSSR count). The smallest absolute Gasteiger partial charge is 0.410 e. The number of benzene rings is 1. The molecule has 4 nitrogen and oxygen atoms in total. The Hall–Kier alpha value is -1.62. The van der Waals surface area contributed by atoms with Gasteiger partial charge in [-0.2, -0.15) is 0 Å². The summed E-state index contributed by atoms with van der Waals surface area (Å²) in [6.45, 7) is 6.54. The summed E-state index contributed by atoms with van der Waals surface area (Å²) in [5.74, 6) is -0.351. The molecule has 0 radical (unpaired) electrons. The summed E-state index contributed by atoms with van der Waals surface area (Å²) < 4.78 is 18.8. The average Bonchev–Trinajstić information content (AvgIpc) is 2.37. The second-order valence-electron chi connectivity index (χ2n) is 6.54. The van der Waals surface area contributed by atoms with Crippen LogP contribution in [0.15, 0.2) is 24.3 Å². The maximum atomic E-state index is 13.4. The lowest BCUT2D eigenvalue weighted by Crippen LogP contribution is -2.49. The van der Waals surface area contributed by atoms with Gasteiger partial charge < -0.3 is 15.4 Å². The first-order valence-electron chi connectivity index (χ1n) is 7.25. The van der Waals surface area contributed by atoms with E-state index in [1.165, 1.54) is 12.1 Å². The molecule has 116 valence electrons. The molecule has 1 fully saturated rings. The Balaban J connectivity index is 2.11. The highest BCUT2D eigenvalue weighted by atomic mass is 19.1. The number of amides is 1. The van der Waals surface area contributed by atoms with E-state index in [4.69, 9.17) is 10.5 Å². The Morgan fingerprint density at radius 1 is 1.43 bits per heavy atom. The fourth-order valence-electron chi connectivity index (χ4n) is 2.55. The van der Waals surface area contributed by atoms with E-state index in [1.807, 2.05) is 26.8 Å². The van der Waals surface area contributed by atoms with Crippen LogP contribution in [0.2, 0.25) is 0 Å². The van der Waals surface area contributed by atoms with Crippen LogP contribution in [0.3, 0.4) is 0 Å². The molecular weight excluding hydrogens is 271 g/mol. The van der Waals surface area contributed by atoms with E-state index in [1.54, 1.807) is 11.0 Å². The van der Waals surface area contributed by atoms with Gasteiger partial charge in [-0.25, -0.2) is 9.18 Å². The van der Waals surface area contributed by atoms with Crippen LogP contribution >= 0.6 is 0 Å². The number of carbonyl (C=O) groups excluding carboxylic acids is 1. The third kappa shape index (κ3) is 4.17. The quantitative estimate of drug-likeness (QED) is 0.866. The number of ether oxygens (including phenoxy) is 1. The molecule has 1 heterocycles. The Kier molecular flexibility index (Phi) is 4.52. The summed E-state index contributed by atoms with van der Waals surface area (Å²) in [4.78, 5) is 13.8. The number of likely N-dealkylation sites (tertiary alicyclic amines) is 1. The minimum atomic E-state index is -0.523. The van der Waals surface area contributed by atoms with Crippen molar-refractivity contribution in [2.75, 3.05) is 13.1 Å². The normalized spacial score (nSPS) is 23.0. The van der Waals surface area contributed by atoms with Crippen LogP contribution in [-0.2, 0) is 4.74 Å². The number of nitrogens with two attached hydrogens (primary N) is 1. The van der Waals surface area contributed by atoms with Gasteiger partial charge in [0.1, 0.15) is 11.4 Å². The zero-order valence-corrected chi connectivity index (χ0v) is 12.8. The molecule has 0 aromatic heterocycles. The molecule has 21 heavy (non-hydrogen) atoms. The molecular formula is C16H23FN2O2. The lowest BCUT2D eigenvalue weighted by Gasteiger charge is -2.37. The van der Waals surface area contributed by atoms with Crippen molar-refractivity contribution in [3.8, 4) is 0 Å². The first-order chi connectivity index (χ1) is 9.76. The van der Waals surface area contributed by atoms with Gasteiger partial charge in [0.25, 0.3) is 0 Å². The van der Waals surface area contributed by atoms with Gasteiger partial charge in [-0.1, -0.05) is 12.1 Å². The van der Waals surface area contributed by atoms with Crippen LogP contribution in [0.25, 0.3) is 0 Å². The lowest BCUT2D eigenvalue weighted by atomic mass is 9.86. The van der Waals surface area contributed by atoms with E-state index in [9.17, 15) is 9.18 Å². The van der Waals surface area contributed by atoms with Crippen LogP contribution in [0.4, 0.5) is 9.18 Å². The van der Waals surface area contributed by atoms with Crippen molar-refractivity contribution in [1.82, 2.24) is 4.90 Å². The minimum Gasteiger partial charge on any atom is -0.444 e. The van der Waals surface area contributed by atoms with Crippen molar-refractivity contribution < 1.29 is 13.9 Å². The Morgan fingerprint density at radius 3 is 2.76 bits per heavy atom. The fourth-order valence-corrected chi connectivity index (χ4v) is 2.55. The molecule has 1 aliphatic heterocycles. The molecule has 1 aliphatic rings. The first-order valence-corrected chi connectivity index (χ1v) is 7.25. The predicted molar refractivity (Wildman–Crippen MR) is 79.5 cm³/mol. The number of carbonyl (C=O) groups is 1. The number of nitrogens with zero attached hydrogens (tertiary/aromatic N) is 1. The number of halogens is 1. The Morgan fingerprint density at radius 2 is 2.14 bits per heavy atom. The molecule has 2 N–H and O–H groups in total. The van der Waals surface area contributed by atoms with Crippen molar-refractivity contribution in [2.45, 2.75) is 44.8 Å². The molecule has 1 saturated heterocycles. The van der Waals surface area contributed by atoms with Gasteiger partial charge in [-0.05, 0) is 44.9 Å². The molecule has 0 spiro atoms. The summed E-state index contributed by atoms with van der Waals surface area (Å²) in [6.07, 6.45) is 0.344. The topological polar surface area (TPSA) is 55.6 Å². The van der Waals surface area contributed by atoms with Gasteiger partial charge >= 0.3 is 6.09 Å². The number of piperidine rings is 1. The third-order valence-electron chi connectivity index (χ3n) is 3.59. The molecule has 0 bridgehead atoms. The summed E-state index contributed by atoms with van der Waals surface area (Å²) in [5.41, 5.74) is 6.46. The van der Waals surface area contributed by atoms with Crippen molar-refractivity contribution in [3.05, 3.63) is 35.6 Å². The van der Waals surface area contributed by atoms with E-state index in [0.29, 0.717) is 19.5 Å². The fraction of sp³-hybridized carbons (Fsp3) is 0.562. The molecule has 0 unspecified atom stereocenters. The predicted octanol–water partition coefficient (Wildman–Crippen LogP) is 2.88. The second-order valence-corrected chi connectivity index (χ2v) is 6.54. The molecule has 1 aromatic carbocycles. The zero-order valence-electron chi connectivity index (χ0n) is 12.8. The number of hydrogen-bond acceptors (Lipinski definition) is 3. The van der Waals surface area contributed by atoms with Crippen molar-refractivity contribution in [2.24, 2.45) is 5.73 Å². The maximum absolute atomic E-state index is 13.4. The molecule has 1 aromatic rings. The van der Waals surface area contributed by atoms with Crippen LogP contribution in [-0.4, -0.2) is 35.7 Å². The summed E-state index contributed by atoms with van der Waals surface area (Å²) >= 11 is 0. The summed E-state index contributed by atoms with van der Waals surface area (Å²) in [5, 5.41) is 0. The average molecular weight is 294 g/mol. The molecule has 5 heteroatoms. The summed E-state index contributed by atoms with van der Waals surface area (Å²) in [6, 6.07) is 6.34. The van der Waals surface area contributed by atoms with E-state index >= 15 is 0 Å². The van der Waals surface area contributed by atoms with E-state index < -0.39 is 5.60 Å². The summed E-state index contributed by atoms with van der Waals surface area (Å²) in [7, 11) is 0. The third-order valence-corrected chi connectivity index (χ3v) is 3.59. The largest absolute Gasteiger partial charge is 0.444 e. The van der Waals surface area contributed by atoms with Gasteiger partial charge in [0.05, 0.1) is 0 Å². The highest BCUT2D eigenvalue weighted by Gasteiger charge is 2.32. The van der Waals surface area contributed by atoms with Crippen molar-refractivity contribution in [3.63, 3.8) is 0 Å². The van der Waals surface area contributed by atoms with Crippen LogP contribution < -0.4 is 5.73 Å². The van der Waals surface area contributed by atoms with E-state index in [-0.39, 0.29) is 23.9 Å². The minimum absolute atomic E-state index is 0.0676. The van der Waals surface area contributed by atoms with Crippen LogP contribution in [0, 0.1) is 5.82 Å². The van der Waals surface area contributed by atoms with Crippen molar-refractivity contribution >= 4 is 6.09 Å². The van der Waals surface area contributed by atoms with Gasteiger partial charge in [-0.3, -0.25) is 0 Å². The van der Waals surface area contributed by atoms with Crippen LogP contribution in [0.5, 0.6) is 0 Å². The molecule has 0 aliphatic carbocycles. The second kappa shape index (κ2) is 6.02. The zero-order chi connectivity index (χ0) is 15.6. The van der Waals surface area contributed by atoms with Crippen LogP contribution in [0.1, 0.15) is 38.7 Å². The SMILES string of the molecule is CC(C)(C)OC(=O)N1CC[C@@H](N)[C@@H](c2cccc(F)c2)C1. The number of rotatable bonds is 1. The van der Waals surface area contributed by atoms with E-state index in [2.05, 4.69) is 0 Å². The molecule has 2 atom stereocenters. The van der Waals surface area contributed by atoms with Gasteiger partial charge in [-0.15, -0.1) is 0 Å². The Bertz CT molecular complexity index is 513. The molecule has 0 saturated carbocycles. The highest BCUT2D eigenvalue weighted by molar-refractivity contribution is 5.68. The van der Waals surface area contributed by atoms with Gasteiger partial charge in [0.2, 0.25) is 0 Å². The monoisotopic (exact) mass is 294 g/mol. The van der Waals surface area contributed by atoms with Crippen molar-refractivity contribution in [1.29, 1.82) is 0 Å². The highest BCUT2D eigenvalue weighted by Crippen LogP contribution is 2.27. The lowest BCUT2D eigenvalue weighted by molar-refractivity contribution is 0.0186. The first kappa shape index (κ1) is 15.8. The standard InChI is InChI=1S/C16H23FN2O2/c1-16(2,3)21-15(20)19-8-7-14(18)13(10-19)11-5-4-6-12(17)9-11/h4-6,9,13-14H,7-8,10,18H2,1-3H3/t13-,14-/m1/s1. The van der Waals surface area contributed by atoms with Gasteiger partial charge in [0, 0.05) is 25.0 Å². The Labute approximate surface area is 125 Å². The van der Waals surface area contributed by atoms with Gasteiger partial charge in [0.15, 0.2) is 0 Å². The number of hydrogen-bond donors (Lipinski definition) is 1. The van der Waals surface area contributed by atoms with E-state index in [0.717, 1.165) is 5.56 Å².